The Hall–Kier alpha value is -1.97. The number of aromatic nitrogens is 1. The van der Waals surface area contributed by atoms with Crippen LogP contribution < -0.4 is 15.8 Å². The van der Waals surface area contributed by atoms with Gasteiger partial charge in [-0.25, -0.2) is 4.98 Å². The molecular formula is C16H17BrN4O3S. The van der Waals surface area contributed by atoms with Crippen LogP contribution >= 0.6 is 27.3 Å². The zero-order valence-electron chi connectivity index (χ0n) is 13.5. The van der Waals surface area contributed by atoms with Gasteiger partial charge >= 0.3 is 0 Å². The average molecular weight is 425 g/mol. The molecule has 9 heteroatoms. The Kier molecular flexibility index (Phi) is 5.67. The Morgan fingerprint density at radius 1 is 1.24 bits per heavy atom. The van der Waals surface area contributed by atoms with Crippen molar-refractivity contribution in [3.63, 3.8) is 0 Å². The summed E-state index contributed by atoms with van der Waals surface area (Å²) in [7, 11) is 0. The first-order chi connectivity index (χ1) is 12.0. The summed E-state index contributed by atoms with van der Waals surface area (Å²) >= 11 is 4.62. The summed E-state index contributed by atoms with van der Waals surface area (Å²) in [5.74, 6) is -0.761. The van der Waals surface area contributed by atoms with E-state index in [4.69, 9.17) is 4.74 Å². The van der Waals surface area contributed by atoms with Gasteiger partial charge in [0.1, 0.15) is 4.88 Å². The average Bonchev–Trinajstić information content (AvgIpc) is 3.02. The fourth-order valence-electron chi connectivity index (χ4n) is 2.35. The van der Waals surface area contributed by atoms with Gasteiger partial charge in [-0.15, -0.1) is 0 Å². The molecule has 0 atom stereocenters. The molecule has 1 saturated heterocycles. The molecule has 0 saturated carbocycles. The summed E-state index contributed by atoms with van der Waals surface area (Å²) < 4.78 is 6.12. The first-order valence-electron chi connectivity index (χ1n) is 7.71. The molecule has 3 rings (SSSR count). The second kappa shape index (κ2) is 7.94. The highest BCUT2D eigenvalue weighted by Gasteiger charge is 2.20. The van der Waals surface area contributed by atoms with E-state index in [2.05, 4.69) is 36.7 Å². The molecule has 25 heavy (non-hydrogen) atoms. The molecule has 2 heterocycles. The van der Waals surface area contributed by atoms with Crippen molar-refractivity contribution in [2.75, 3.05) is 31.2 Å². The van der Waals surface area contributed by atoms with Gasteiger partial charge in [0.05, 0.1) is 18.9 Å². The molecular weight excluding hydrogens is 408 g/mol. The molecule has 132 valence electrons. The van der Waals surface area contributed by atoms with Crippen LogP contribution in [0.4, 0.5) is 5.13 Å². The van der Waals surface area contributed by atoms with E-state index in [9.17, 15) is 9.59 Å². The first kappa shape index (κ1) is 17.8. The Balaban J connectivity index is 1.63. The van der Waals surface area contributed by atoms with Crippen molar-refractivity contribution in [1.29, 1.82) is 0 Å². The number of hydrazine groups is 1. The maximum Gasteiger partial charge on any atom is 0.281 e. The quantitative estimate of drug-likeness (QED) is 0.737. The van der Waals surface area contributed by atoms with Crippen molar-refractivity contribution >= 4 is 44.2 Å². The SMILES string of the molecule is Cc1nc(N2CCOCC2)sc1C(=O)NNC(=O)c1cccc(Br)c1. The molecule has 0 radical (unpaired) electrons. The van der Waals surface area contributed by atoms with E-state index in [1.807, 2.05) is 6.07 Å². The lowest BCUT2D eigenvalue weighted by molar-refractivity contribution is 0.0848. The first-order valence-corrected chi connectivity index (χ1v) is 9.32. The Morgan fingerprint density at radius 3 is 2.68 bits per heavy atom. The number of nitrogens with one attached hydrogen (secondary N) is 2. The summed E-state index contributed by atoms with van der Waals surface area (Å²) in [6.07, 6.45) is 0. The second-order valence-corrected chi connectivity index (χ2v) is 7.32. The van der Waals surface area contributed by atoms with Gasteiger partial charge in [0.2, 0.25) is 0 Å². The Labute approximate surface area is 157 Å². The van der Waals surface area contributed by atoms with Crippen LogP contribution in [-0.2, 0) is 4.74 Å². The monoisotopic (exact) mass is 424 g/mol. The van der Waals surface area contributed by atoms with Gasteiger partial charge in [-0.05, 0) is 25.1 Å². The number of benzene rings is 1. The van der Waals surface area contributed by atoms with E-state index in [-0.39, 0.29) is 11.8 Å². The van der Waals surface area contributed by atoms with Crippen molar-refractivity contribution in [3.8, 4) is 0 Å². The summed E-state index contributed by atoms with van der Waals surface area (Å²) in [5.41, 5.74) is 5.96. The third kappa shape index (κ3) is 4.36. The molecule has 1 aliphatic heterocycles. The molecule has 2 aromatic rings. The number of morpholine rings is 1. The van der Waals surface area contributed by atoms with E-state index in [1.165, 1.54) is 11.3 Å². The largest absolute Gasteiger partial charge is 0.378 e. The normalized spacial score (nSPS) is 14.2. The number of anilines is 1. The van der Waals surface area contributed by atoms with E-state index in [0.717, 1.165) is 22.7 Å². The smallest absolute Gasteiger partial charge is 0.281 e. The number of hydrogen-bond donors (Lipinski definition) is 2. The van der Waals surface area contributed by atoms with E-state index >= 15 is 0 Å². The third-order valence-electron chi connectivity index (χ3n) is 3.65. The van der Waals surface area contributed by atoms with Gasteiger partial charge in [-0.1, -0.05) is 33.3 Å². The fraction of sp³-hybridized carbons (Fsp3) is 0.312. The van der Waals surface area contributed by atoms with Crippen LogP contribution in [0.15, 0.2) is 28.7 Å². The zero-order valence-corrected chi connectivity index (χ0v) is 15.9. The molecule has 1 aliphatic rings. The molecule has 2 amide bonds. The van der Waals surface area contributed by atoms with Crippen molar-refractivity contribution in [3.05, 3.63) is 44.9 Å². The number of carbonyl (C=O) groups is 2. The molecule has 2 N–H and O–H groups in total. The van der Waals surface area contributed by atoms with E-state index in [1.54, 1.807) is 25.1 Å². The number of rotatable bonds is 3. The van der Waals surface area contributed by atoms with Gasteiger partial charge in [0.25, 0.3) is 11.8 Å². The molecule has 0 unspecified atom stereocenters. The van der Waals surface area contributed by atoms with Gasteiger partial charge < -0.3 is 9.64 Å². The highest BCUT2D eigenvalue weighted by atomic mass is 79.9. The van der Waals surface area contributed by atoms with Crippen molar-refractivity contribution in [1.82, 2.24) is 15.8 Å². The van der Waals surface area contributed by atoms with Crippen LogP contribution in [0.1, 0.15) is 25.7 Å². The summed E-state index contributed by atoms with van der Waals surface area (Å²) in [5, 5.41) is 0.796. The maximum absolute atomic E-state index is 12.4. The van der Waals surface area contributed by atoms with Crippen molar-refractivity contribution in [2.24, 2.45) is 0 Å². The van der Waals surface area contributed by atoms with Crippen molar-refractivity contribution in [2.45, 2.75) is 6.92 Å². The highest BCUT2D eigenvalue weighted by molar-refractivity contribution is 9.10. The number of hydrogen-bond acceptors (Lipinski definition) is 6. The molecule has 0 spiro atoms. The van der Waals surface area contributed by atoms with Crippen LogP contribution in [0.25, 0.3) is 0 Å². The van der Waals surface area contributed by atoms with Crippen LogP contribution in [0.2, 0.25) is 0 Å². The summed E-state index contributed by atoms with van der Waals surface area (Å²) in [6.45, 7) is 4.61. The fourth-order valence-corrected chi connectivity index (χ4v) is 3.77. The molecule has 1 aromatic carbocycles. The zero-order chi connectivity index (χ0) is 17.8. The minimum atomic E-state index is -0.384. The van der Waals surface area contributed by atoms with Gasteiger partial charge in [-0.3, -0.25) is 20.4 Å². The number of nitrogens with zero attached hydrogens (tertiary/aromatic N) is 2. The number of amides is 2. The number of ether oxygens (including phenoxy) is 1. The topological polar surface area (TPSA) is 83.6 Å². The minimum Gasteiger partial charge on any atom is -0.378 e. The molecule has 0 aliphatic carbocycles. The van der Waals surface area contributed by atoms with Gasteiger partial charge in [-0.2, -0.15) is 0 Å². The third-order valence-corrected chi connectivity index (χ3v) is 5.36. The molecule has 1 fully saturated rings. The molecule has 1 aromatic heterocycles. The van der Waals surface area contributed by atoms with Gasteiger partial charge in [0, 0.05) is 23.1 Å². The standard InChI is InChI=1S/C16H17BrN4O3S/c1-10-13(25-16(18-10)21-5-7-24-8-6-21)15(23)20-19-14(22)11-3-2-4-12(17)9-11/h2-4,9H,5-8H2,1H3,(H,19,22)(H,20,23). The number of aryl methyl sites for hydroxylation is 1. The predicted octanol–water partition coefficient (Wildman–Crippen LogP) is 2.13. The van der Waals surface area contributed by atoms with Crippen molar-refractivity contribution < 1.29 is 14.3 Å². The maximum atomic E-state index is 12.4. The van der Waals surface area contributed by atoms with Gasteiger partial charge in [0.15, 0.2) is 5.13 Å². The summed E-state index contributed by atoms with van der Waals surface area (Å²) in [6, 6.07) is 6.92. The molecule has 0 bridgehead atoms. The minimum absolute atomic E-state index is 0.377. The number of carbonyl (C=O) groups excluding carboxylic acids is 2. The van der Waals surface area contributed by atoms with Crippen LogP contribution in [0.5, 0.6) is 0 Å². The van der Waals surface area contributed by atoms with E-state index in [0.29, 0.717) is 29.3 Å². The number of halogens is 1. The Bertz CT molecular complexity index is 789. The van der Waals surface area contributed by atoms with Crippen LogP contribution in [0.3, 0.4) is 0 Å². The highest BCUT2D eigenvalue weighted by Crippen LogP contribution is 2.26. The lowest BCUT2D eigenvalue weighted by Gasteiger charge is -2.25. The van der Waals surface area contributed by atoms with Crippen LogP contribution in [-0.4, -0.2) is 43.1 Å². The lowest BCUT2D eigenvalue weighted by atomic mass is 10.2. The Morgan fingerprint density at radius 2 is 1.96 bits per heavy atom. The lowest BCUT2D eigenvalue weighted by Crippen LogP contribution is -2.41. The number of thiazole rings is 1. The van der Waals surface area contributed by atoms with Crippen LogP contribution in [0, 0.1) is 6.92 Å². The second-order valence-electron chi connectivity index (χ2n) is 5.43. The summed E-state index contributed by atoms with van der Waals surface area (Å²) in [4.78, 5) is 31.5. The predicted molar refractivity (Wildman–Crippen MR) is 99.0 cm³/mol. The molecule has 7 nitrogen and oxygen atoms in total. The van der Waals surface area contributed by atoms with E-state index < -0.39 is 0 Å².